The van der Waals surface area contributed by atoms with Crippen molar-refractivity contribution in [2.45, 2.75) is 89.5 Å². The molecule has 4 unspecified atom stereocenters. The SMILES string of the molecule is CC[C@H]1C(C=O)N2C[C@@H]1Oc1nc3cc(F)ccc3nc1CCCCCC1C3CC3C[C@H]1OC(=O)N[C@@H](C)C2=O. The van der Waals surface area contributed by atoms with Gasteiger partial charge in [0.1, 0.15) is 36.0 Å². The summed E-state index contributed by atoms with van der Waals surface area (Å²) in [5.74, 6) is 0.885. The van der Waals surface area contributed by atoms with Gasteiger partial charge in [-0.15, -0.1) is 0 Å². The molecule has 6 rings (SSSR count). The Morgan fingerprint density at radius 1 is 1.07 bits per heavy atom. The molecule has 3 fully saturated rings. The van der Waals surface area contributed by atoms with Crippen molar-refractivity contribution in [2.75, 3.05) is 6.54 Å². The van der Waals surface area contributed by atoms with E-state index in [-0.39, 0.29) is 24.5 Å². The number of benzene rings is 1. The van der Waals surface area contributed by atoms with E-state index in [2.05, 4.69) is 10.3 Å². The van der Waals surface area contributed by atoms with E-state index in [9.17, 15) is 18.8 Å². The summed E-state index contributed by atoms with van der Waals surface area (Å²) in [6.45, 7) is 3.73. The summed E-state index contributed by atoms with van der Waals surface area (Å²) in [6.07, 6.45) is 6.78. The maximum absolute atomic E-state index is 14.0. The van der Waals surface area contributed by atoms with E-state index in [0.717, 1.165) is 38.4 Å². The highest BCUT2D eigenvalue weighted by molar-refractivity contribution is 5.88. The summed E-state index contributed by atoms with van der Waals surface area (Å²) in [6, 6.07) is 2.77. The highest BCUT2D eigenvalue weighted by Gasteiger charge is 2.54. The lowest BCUT2D eigenvalue weighted by Gasteiger charge is -2.27. The predicted octanol–water partition coefficient (Wildman–Crippen LogP) is 4.21. The van der Waals surface area contributed by atoms with E-state index >= 15 is 0 Å². The Balaban J connectivity index is 1.32. The zero-order valence-corrected chi connectivity index (χ0v) is 23.1. The summed E-state index contributed by atoms with van der Waals surface area (Å²) >= 11 is 0. The first kappa shape index (κ1) is 26.9. The monoisotopic (exact) mass is 552 g/mol. The zero-order chi connectivity index (χ0) is 28.0. The van der Waals surface area contributed by atoms with Crippen molar-refractivity contribution in [1.29, 1.82) is 0 Å². The number of ether oxygens (including phenoxy) is 2. The van der Waals surface area contributed by atoms with Crippen LogP contribution in [0.3, 0.4) is 0 Å². The standard InChI is InChI=1S/C30H37FN4O5/c1-3-19-25(15-36)35-14-27(19)39-28-23(33-22-10-9-18(31)13-24(22)34-28)8-6-4-5-7-20-21-11-17(21)12-26(20)40-30(38)32-16(2)29(35)37/h9-10,13,15-17,19-21,25-27H,3-8,11-12,14H2,1-2H3,(H,32,38)/t16-,17?,19-,20?,21?,25?,26+,27-/m0/s1. The third-order valence-electron chi connectivity index (χ3n) is 9.43. The normalized spacial score (nSPS) is 34.4. The third kappa shape index (κ3) is 5.12. The number of amides is 2. The Hall–Kier alpha value is -3.30. The number of halogens is 1. The second-order valence-electron chi connectivity index (χ2n) is 11.9. The van der Waals surface area contributed by atoms with Crippen LogP contribution in [0, 0.1) is 29.5 Å². The number of fused-ring (bicyclic) bond motifs is 7. The number of hydrogen-bond donors (Lipinski definition) is 1. The highest BCUT2D eigenvalue weighted by atomic mass is 19.1. The summed E-state index contributed by atoms with van der Waals surface area (Å²) in [5.41, 5.74) is 1.70. The van der Waals surface area contributed by atoms with Crippen molar-refractivity contribution in [1.82, 2.24) is 20.2 Å². The molecule has 2 aliphatic carbocycles. The average molecular weight is 553 g/mol. The Labute approximate surface area is 233 Å². The molecule has 2 amide bonds. The van der Waals surface area contributed by atoms with E-state index in [1.165, 1.54) is 23.5 Å². The van der Waals surface area contributed by atoms with Gasteiger partial charge in [-0.2, -0.15) is 0 Å². The molecule has 1 aromatic carbocycles. The predicted molar refractivity (Wildman–Crippen MR) is 144 cm³/mol. The molecular weight excluding hydrogens is 515 g/mol. The number of aryl methyl sites for hydroxylation is 1. The van der Waals surface area contributed by atoms with Crippen LogP contribution < -0.4 is 10.1 Å². The molecular formula is C30H37FN4O5. The molecule has 8 atom stereocenters. The minimum Gasteiger partial charge on any atom is -0.471 e. The number of aldehydes is 1. The molecule has 10 heteroatoms. The van der Waals surface area contributed by atoms with Crippen molar-refractivity contribution in [3.63, 3.8) is 0 Å². The van der Waals surface area contributed by atoms with Gasteiger partial charge >= 0.3 is 6.09 Å². The lowest BCUT2D eigenvalue weighted by molar-refractivity contribution is -0.136. The number of hydrogen-bond acceptors (Lipinski definition) is 7. The lowest BCUT2D eigenvalue weighted by atomic mass is 9.93. The van der Waals surface area contributed by atoms with Crippen LogP contribution in [0.25, 0.3) is 11.0 Å². The van der Waals surface area contributed by atoms with Crippen LogP contribution >= 0.6 is 0 Å². The molecule has 1 aromatic heterocycles. The van der Waals surface area contributed by atoms with E-state index in [4.69, 9.17) is 14.5 Å². The second-order valence-corrected chi connectivity index (χ2v) is 11.9. The largest absolute Gasteiger partial charge is 0.471 e. The number of carbonyl (C=O) groups excluding carboxylic acids is 3. The first-order valence-electron chi connectivity index (χ1n) is 14.7. The number of carbonyl (C=O) groups is 3. The Kier molecular flexibility index (Phi) is 7.35. The average Bonchev–Trinajstić information content (AvgIpc) is 3.48. The lowest BCUT2D eigenvalue weighted by Crippen LogP contribution is -2.50. The van der Waals surface area contributed by atoms with E-state index in [0.29, 0.717) is 53.2 Å². The van der Waals surface area contributed by atoms with E-state index in [1.807, 2.05) is 6.92 Å². The van der Waals surface area contributed by atoms with Crippen molar-refractivity contribution in [3.05, 3.63) is 29.7 Å². The second kappa shape index (κ2) is 10.9. The van der Waals surface area contributed by atoms with Crippen LogP contribution in [0.2, 0.25) is 0 Å². The van der Waals surface area contributed by atoms with Gasteiger partial charge in [-0.1, -0.05) is 19.8 Å². The van der Waals surface area contributed by atoms with Crippen molar-refractivity contribution >= 4 is 29.3 Å². The van der Waals surface area contributed by atoms with Crippen molar-refractivity contribution < 1.29 is 28.2 Å². The zero-order valence-electron chi connectivity index (χ0n) is 23.1. The molecule has 0 spiro atoms. The maximum Gasteiger partial charge on any atom is 0.408 e. The molecule has 1 N–H and O–H groups in total. The molecule has 1 saturated heterocycles. The van der Waals surface area contributed by atoms with Crippen LogP contribution in [-0.4, -0.2) is 64.0 Å². The number of alkyl carbamates (subject to hydrolysis) is 1. The fourth-order valence-corrected chi connectivity index (χ4v) is 7.25. The summed E-state index contributed by atoms with van der Waals surface area (Å²) < 4.78 is 26.3. The van der Waals surface area contributed by atoms with Gasteiger partial charge in [0, 0.05) is 12.0 Å². The molecule has 3 heterocycles. The Morgan fingerprint density at radius 2 is 1.93 bits per heavy atom. The van der Waals surface area contributed by atoms with E-state index in [1.54, 1.807) is 13.0 Å². The van der Waals surface area contributed by atoms with Gasteiger partial charge in [-0.05, 0) is 75.3 Å². The number of nitrogens with zero attached hydrogens (tertiary/aromatic N) is 3. The fraction of sp³-hybridized carbons (Fsp3) is 0.633. The molecule has 0 radical (unpaired) electrons. The summed E-state index contributed by atoms with van der Waals surface area (Å²) in [7, 11) is 0. The van der Waals surface area contributed by atoms with Crippen LogP contribution in [0.4, 0.5) is 9.18 Å². The first-order valence-corrected chi connectivity index (χ1v) is 14.7. The van der Waals surface area contributed by atoms with Crippen molar-refractivity contribution in [3.8, 4) is 5.88 Å². The molecule has 2 aliphatic heterocycles. The topological polar surface area (TPSA) is 111 Å². The van der Waals surface area contributed by atoms with Gasteiger partial charge in [0.15, 0.2) is 0 Å². The summed E-state index contributed by atoms with van der Waals surface area (Å²) in [4.78, 5) is 49.5. The minimum atomic E-state index is -0.863. The number of aromatic nitrogens is 2. The minimum absolute atomic E-state index is 0.125. The van der Waals surface area contributed by atoms with Gasteiger partial charge in [-0.3, -0.25) is 4.79 Å². The molecule has 2 aromatic rings. The van der Waals surface area contributed by atoms with Crippen LogP contribution in [0.1, 0.15) is 64.5 Å². The summed E-state index contributed by atoms with van der Waals surface area (Å²) in [5, 5.41) is 2.71. The van der Waals surface area contributed by atoms with Crippen LogP contribution in [0.15, 0.2) is 18.2 Å². The van der Waals surface area contributed by atoms with Crippen molar-refractivity contribution in [2.24, 2.45) is 23.7 Å². The fourth-order valence-electron chi connectivity index (χ4n) is 7.25. The quantitative estimate of drug-likeness (QED) is 0.556. The number of nitrogens with one attached hydrogen (secondary N) is 1. The van der Waals surface area contributed by atoms with Gasteiger partial charge in [0.25, 0.3) is 0 Å². The molecule has 4 aliphatic rings. The molecule has 9 nitrogen and oxygen atoms in total. The first-order chi connectivity index (χ1) is 19.4. The smallest absolute Gasteiger partial charge is 0.408 e. The van der Waals surface area contributed by atoms with Gasteiger partial charge in [-0.25, -0.2) is 19.2 Å². The molecule has 40 heavy (non-hydrogen) atoms. The van der Waals surface area contributed by atoms with Crippen LogP contribution in [-0.2, 0) is 20.7 Å². The third-order valence-corrected chi connectivity index (χ3v) is 9.43. The van der Waals surface area contributed by atoms with E-state index < -0.39 is 30.1 Å². The van der Waals surface area contributed by atoms with Gasteiger partial charge < -0.3 is 24.5 Å². The highest BCUT2D eigenvalue weighted by Crippen LogP contribution is 2.57. The molecule has 2 bridgehead atoms. The molecule has 214 valence electrons. The maximum atomic E-state index is 14.0. The van der Waals surface area contributed by atoms with Gasteiger partial charge in [0.05, 0.1) is 23.6 Å². The van der Waals surface area contributed by atoms with Crippen LogP contribution in [0.5, 0.6) is 5.88 Å². The Morgan fingerprint density at radius 3 is 2.73 bits per heavy atom. The number of rotatable bonds is 2. The molecule has 2 saturated carbocycles. The van der Waals surface area contributed by atoms with Gasteiger partial charge in [0.2, 0.25) is 11.8 Å². The Bertz CT molecular complexity index is 1310.